The van der Waals surface area contributed by atoms with Crippen molar-refractivity contribution >= 4 is 12.2 Å². The van der Waals surface area contributed by atoms with Gasteiger partial charge in [-0.1, -0.05) is 0 Å². The summed E-state index contributed by atoms with van der Waals surface area (Å²) in [6, 6.07) is 24.5. The summed E-state index contributed by atoms with van der Waals surface area (Å²) in [5.41, 5.74) is 10.8. The first-order chi connectivity index (χ1) is 25.5. The van der Waals surface area contributed by atoms with Crippen molar-refractivity contribution in [2.24, 2.45) is 11.8 Å². The van der Waals surface area contributed by atoms with Gasteiger partial charge in [0.15, 0.2) is 0 Å². The Morgan fingerprint density at radius 2 is 0.818 bits per heavy atom. The molecule has 0 radical (unpaired) electrons. The van der Waals surface area contributed by atoms with Gasteiger partial charge in [-0.2, -0.15) is 0 Å². The molecule has 4 aromatic rings. The molecule has 5 aliphatic rings. The zero-order valence-corrected chi connectivity index (χ0v) is 34.5. The van der Waals surface area contributed by atoms with Crippen molar-refractivity contribution in [2.45, 2.75) is 92.1 Å². The number of alkyl halides is 6. The van der Waals surface area contributed by atoms with Gasteiger partial charge in [0.25, 0.3) is 0 Å². The summed E-state index contributed by atoms with van der Waals surface area (Å²) in [7, 11) is 0. The average Bonchev–Trinajstić information content (AvgIpc) is 3.69. The smallest absolute Gasteiger partial charge is 1.00 e. The second-order valence-electron chi connectivity index (χ2n) is 16.3. The van der Waals surface area contributed by atoms with Crippen molar-refractivity contribution in [3.8, 4) is 22.3 Å². The molecule has 2 saturated carbocycles. The van der Waals surface area contributed by atoms with Crippen LogP contribution in [-0.2, 0) is 32.6 Å². The van der Waals surface area contributed by atoms with E-state index < -0.39 is 43.7 Å². The third-order valence-corrected chi connectivity index (χ3v) is 26.3. The monoisotopic (exact) mass is 870 g/mol. The molecular formula is C46H44Cl2F6Zr. The maximum Gasteiger partial charge on any atom is -1.00 e. The Morgan fingerprint density at radius 3 is 1.15 bits per heavy atom. The molecule has 288 valence electrons. The molecule has 0 nitrogen and oxygen atoms in total. The second kappa shape index (κ2) is 15.6. The zero-order valence-electron chi connectivity index (χ0n) is 30.6. The largest absolute Gasteiger partial charge is 1.00 e. The van der Waals surface area contributed by atoms with Gasteiger partial charge >= 0.3 is 314 Å². The molecule has 4 aliphatic carbocycles. The standard InChI is InChI=1S/2C22H20F3.C2H4.2ClH.Zr/c2*23-22(24,25)19-11-9-16(10-12-19)20-8-4-7-17-13-18(14-21(17)20)15-5-2-1-3-6-15;1-2;;;/h2*4,7-15H,1-3,5-6H2;1-2H2;2*1H;/q;;;;;+2/p-2. The fourth-order valence-corrected chi connectivity index (χ4v) is 28.5. The maximum atomic E-state index is 13.5. The number of benzene rings is 4. The molecule has 1 heterocycles. The predicted octanol–water partition coefficient (Wildman–Crippen LogP) is 8.81. The van der Waals surface area contributed by atoms with E-state index in [2.05, 4.69) is 48.6 Å². The van der Waals surface area contributed by atoms with Gasteiger partial charge in [-0.25, -0.2) is 0 Å². The molecule has 3 fully saturated rings. The Hall–Kier alpha value is -2.60. The van der Waals surface area contributed by atoms with Crippen molar-refractivity contribution in [1.82, 2.24) is 0 Å². The van der Waals surface area contributed by atoms with Gasteiger partial charge in [-0.05, 0) is 0 Å². The minimum atomic E-state index is -4.38. The third kappa shape index (κ3) is 7.38. The summed E-state index contributed by atoms with van der Waals surface area (Å²) in [5, 5.41) is 0. The summed E-state index contributed by atoms with van der Waals surface area (Å²) >= 11 is -3.20. The Morgan fingerprint density at radius 1 is 0.455 bits per heavy atom. The van der Waals surface area contributed by atoms with Gasteiger partial charge in [0.2, 0.25) is 0 Å². The van der Waals surface area contributed by atoms with E-state index >= 15 is 0 Å². The first kappa shape index (κ1) is 40.6. The van der Waals surface area contributed by atoms with Crippen LogP contribution in [0.25, 0.3) is 34.4 Å². The van der Waals surface area contributed by atoms with Crippen LogP contribution in [0.4, 0.5) is 26.3 Å². The van der Waals surface area contributed by atoms with Gasteiger partial charge in [0.05, 0.1) is 0 Å². The van der Waals surface area contributed by atoms with E-state index in [0.29, 0.717) is 19.1 Å². The average molecular weight is 873 g/mol. The molecule has 2 atom stereocenters. The number of halogens is 8. The van der Waals surface area contributed by atoms with Crippen LogP contribution in [0.15, 0.2) is 96.1 Å². The normalized spacial score (nSPS) is 21.6. The molecule has 0 spiro atoms. The van der Waals surface area contributed by atoms with E-state index in [9.17, 15) is 26.3 Å². The Labute approximate surface area is 337 Å². The molecular weight excluding hydrogens is 829 g/mol. The van der Waals surface area contributed by atoms with Crippen LogP contribution in [-0.4, -0.2) is 0 Å². The summed E-state index contributed by atoms with van der Waals surface area (Å²) in [4.78, 5) is 0. The van der Waals surface area contributed by atoms with Crippen molar-refractivity contribution in [2.75, 3.05) is 0 Å². The third-order valence-electron chi connectivity index (χ3n) is 13.4. The van der Waals surface area contributed by atoms with Gasteiger partial charge in [0, 0.05) is 0 Å². The molecule has 9 rings (SSSR count). The topological polar surface area (TPSA) is 0 Å². The SMILES string of the molecule is FC(F)(F)c1ccc(-c2cccc3c2C=C(C2CCCCC2)[CH]3[Zr+2]2([CH]3C(C4CCCCC4)=Cc4c(-c5ccc(C(F)(F)F)cc5)cccc43)[CH2][CH2]2)cc1.[Cl-].[Cl-]. The number of hydrogen-bond donors (Lipinski definition) is 0. The molecule has 1 saturated heterocycles. The number of rotatable bonds is 6. The van der Waals surface area contributed by atoms with Gasteiger partial charge < -0.3 is 24.8 Å². The predicted molar refractivity (Wildman–Crippen MR) is 198 cm³/mol. The summed E-state index contributed by atoms with van der Waals surface area (Å²) in [5.74, 6) is 1.05. The Bertz CT molecular complexity index is 1930. The van der Waals surface area contributed by atoms with Crippen molar-refractivity contribution in [3.63, 3.8) is 0 Å². The van der Waals surface area contributed by atoms with E-state index in [1.165, 1.54) is 119 Å². The van der Waals surface area contributed by atoms with E-state index in [0.717, 1.165) is 22.3 Å². The molecule has 0 amide bonds. The van der Waals surface area contributed by atoms with Gasteiger partial charge in [0.1, 0.15) is 0 Å². The van der Waals surface area contributed by atoms with Gasteiger partial charge in [-0.3, -0.25) is 0 Å². The number of allylic oxidation sites excluding steroid dienone is 2. The van der Waals surface area contributed by atoms with Crippen LogP contribution in [0.1, 0.15) is 105 Å². The summed E-state index contributed by atoms with van der Waals surface area (Å²) in [6.07, 6.45) is 8.45. The van der Waals surface area contributed by atoms with Crippen molar-refractivity contribution < 1.29 is 71.4 Å². The fourth-order valence-electron chi connectivity index (χ4n) is 10.8. The van der Waals surface area contributed by atoms with E-state index in [1.807, 2.05) is 0 Å². The molecule has 9 heteroatoms. The van der Waals surface area contributed by atoms with E-state index in [1.54, 1.807) is 35.4 Å². The second-order valence-corrected chi connectivity index (χ2v) is 27.7. The minimum Gasteiger partial charge on any atom is -1.00 e. The first-order valence-electron chi connectivity index (χ1n) is 19.6. The molecule has 2 unspecified atom stereocenters. The quantitative estimate of drug-likeness (QED) is 0.170. The summed E-state index contributed by atoms with van der Waals surface area (Å²) in [6.45, 7) is 0. The fraction of sp³-hybridized carbons (Fsp3) is 0.391. The molecule has 0 bridgehead atoms. The van der Waals surface area contributed by atoms with Crippen LogP contribution in [0.2, 0.25) is 8.26 Å². The first-order valence-corrected chi connectivity index (χ1v) is 25.9. The number of fused-ring (bicyclic) bond motifs is 2. The minimum absolute atomic E-state index is 0. The zero-order chi connectivity index (χ0) is 36.5. The van der Waals surface area contributed by atoms with Crippen LogP contribution in [0, 0.1) is 11.8 Å². The van der Waals surface area contributed by atoms with Crippen molar-refractivity contribution in [1.29, 1.82) is 0 Å². The number of hydrogen-bond acceptors (Lipinski definition) is 0. The summed E-state index contributed by atoms with van der Waals surface area (Å²) < 4.78 is 84.7. The molecule has 0 N–H and O–H groups in total. The molecule has 55 heavy (non-hydrogen) atoms. The van der Waals surface area contributed by atoms with E-state index in [-0.39, 0.29) is 24.8 Å². The Kier molecular flexibility index (Phi) is 11.5. The van der Waals surface area contributed by atoms with Gasteiger partial charge in [-0.15, -0.1) is 0 Å². The maximum absolute atomic E-state index is 13.5. The molecule has 4 aromatic carbocycles. The Balaban J connectivity index is 0.00000233. The van der Waals surface area contributed by atoms with Crippen LogP contribution < -0.4 is 24.8 Å². The molecule has 0 aromatic heterocycles. The molecule has 1 aliphatic heterocycles. The van der Waals surface area contributed by atoms with Crippen LogP contribution in [0.3, 0.4) is 0 Å². The van der Waals surface area contributed by atoms with Crippen LogP contribution >= 0.6 is 0 Å². The van der Waals surface area contributed by atoms with Crippen molar-refractivity contribution in [3.05, 3.63) is 129 Å². The van der Waals surface area contributed by atoms with Crippen LogP contribution in [0.5, 0.6) is 0 Å². The van der Waals surface area contributed by atoms with E-state index in [4.69, 9.17) is 0 Å².